The molecule has 2 heteroatoms. The van der Waals surface area contributed by atoms with Gasteiger partial charge in [-0.1, -0.05) is 18.2 Å². The average molecular weight is 120 g/mol. The van der Waals surface area contributed by atoms with E-state index in [1.807, 2.05) is 18.2 Å². The van der Waals surface area contributed by atoms with Crippen molar-refractivity contribution >= 4 is 11.9 Å². The van der Waals surface area contributed by atoms with Gasteiger partial charge in [0.05, 0.1) is 0 Å². The molecule has 0 heterocycles. The van der Waals surface area contributed by atoms with Crippen molar-refractivity contribution < 1.29 is 0 Å². The number of anilines is 1. The quantitative estimate of drug-likeness (QED) is 0.425. The average Bonchev–Trinajstić information content (AvgIpc) is 1.89. The normalized spacial score (nSPS) is 8.89. The molecule has 3 N–H and O–H groups in total. The van der Waals surface area contributed by atoms with E-state index >= 15 is 0 Å². The number of para-hydroxylation sites is 1. The fourth-order valence-corrected chi connectivity index (χ4v) is 0.642. The van der Waals surface area contributed by atoms with E-state index in [2.05, 4.69) is 0 Å². The molecule has 1 rings (SSSR count). The number of nitrogen functional groups attached to an aromatic ring is 1. The minimum atomic E-state index is 0.660. The number of nitrogens with two attached hydrogens (primary N) is 1. The van der Waals surface area contributed by atoms with E-state index in [0.717, 1.165) is 5.56 Å². The molecule has 0 saturated heterocycles. The van der Waals surface area contributed by atoms with E-state index in [9.17, 15) is 0 Å². The molecule has 0 spiro atoms. The first-order valence-corrected chi connectivity index (χ1v) is 2.69. The Balaban J connectivity index is 3.15. The van der Waals surface area contributed by atoms with Gasteiger partial charge in [-0.2, -0.15) is 0 Å². The summed E-state index contributed by atoms with van der Waals surface area (Å²) < 4.78 is 0. The Morgan fingerprint density at radius 1 is 1.33 bits per heavy atom. The molecule has 0 aliphatic heterocycles. The second kappa shape index (κ2) is 2.31. The van der Waals surface area contributed by atoms with Crippen molar-refractivity contribution in [2.24, 2.45) is 0 Å². The molecule has 0 unspecified atom stereocenters. The highest BCUT2D eigenvalue weighted by Gasteiger charge is 1.88. The van der Waals surface area contributed by atoms with Gasteiger partial charge in [0.25, 0.3) is 0 Å². The first-order chi connectivity index (χ1) is 4.34. The van der Waals surface area contributed by atoms with Gasteiger partial charge < -0.3 is 11.1 Å². The Labute approximate surface area is 53.8 Å². The summed E-state index contributed by atoms with van der Waals surface area (Å²) in [5, 5.41) is 6.88. The lowest BCUT2D eigenvalue weighted by atomic mass is 10.2. The number of nitrogens with one attached hydrogen (secondary N) is 1. The van der Waals surface area contributed by atoms with Crippen molar-refractivity contribution in [3.05, 3.63) is 29.8 Å². The topological polar surface area (TPSA) is 49.9 Å². The standard InChI is InChI=1S/C7H8N2/c8-5-6-3-1-2-4-7(6)9/h1-5,8H,9H2. The molecule has 1 aromatic rings. The van der Waals surface area contributed by atoms with Crippen molar-refractivity contribution in [3.63, 3.8) is 0 Å². The third kappa shape index (κ3) is 1.08. The van der Waals surface area contributed by atoms with Crippen LogP contribution >= 0.6 is 0 Å². The highest BCUT2D eigenvalue weighted by atomic mass is 14.6. The Hall–Kier alpha value is -1.31. The van der Waals surface area contributed by atoms with Crippen LogP contribution in [0, 0.1) is 5.41 Å². The second-order valence-electron chi connectivity index (χ2n) is 1.77. The van der Waals surface area contributed by atoms with Crippen LogP contribution in [0.3, 0.4) is 0 Å². The van der Waals surface area contributed by atoms with E-state index < -0.39 is 0 Å². The summed E-state index contributed by atoms with van der Waals surface area (Å²) in [6.45, 7) is 0. The largest absolute Gasteiger partial charge is 0.398 e. The van der Waals surface area contributed by atoms with Gasteiger partial charge in [0.1, 0.15) is 0 Å². The summed E-state index contributed by atoms with van der Waals surface area (Å²) in [7, 11) is 0. The van der Waals surface area contributed by atoms with E-state index in [-0.39, 0.29) is 0 Å². The van der Waals surface area contributed by atoms with Gasteiger partial charge >= 0.3 is 0 Å². The highest BCUT2D eigenvalue weighted by molar-refractivity contribution is 5.84. The Kier molecular flexibility index (Phi) is 1.49. The minimum absolute atomic E-state index is 0.660. The summed E-state index contributed by atoms with van der Waals surface area (Å²) in [6, 6.07) is 7.29. The zero-order valence-corrected chi connectivity index (χ0v) is 4.96. The third-order valence-corrected chi connectivity index (χ3v) is 1.15. The van der Waals surface area contributed by atoms with Crippen LogP contribution in [-0.4, -0.2) is 6.21 Å². The molecule has 0 atom stereocenters. The van der Waals surface area contributed by atoms with Gasteiger partial charge in [-0.15, -0.1) is 0 Å². The lowest BCUT2D eigenvalue weighted by molar-refractivity contribution is 1.54. The van der Waals surface area contributed by atoms with Gasteiger partial charge in [-0.25, -0.2) is 0 Å². The fraction of sp³-hybridized carbons (Fsp3) is 0. The minimum Gasteiger partial charge on any atom is -0.398 e. The van der Waals surface area contributed by atoms with Crippen LogP contribution in [-0.2, 0) is 0 Å². The zero-order valence-electron chi connectivity index (χ0n) is 4.96. The lowest BCUT2D eigenvalue weighted by Gasteiger charge is -1.94. The second-order valence-corrected chi connectivity index (χ2v) is 1.77. The van der Waals surface area contributed by atoms with Gasteiger partial charge in [-0.3, -0.25) is 0 Å². The number of benzene rings is 1. The Bertz CT molecular complexity index is 218. The molecule has 0 radical (unpaired) electrons. The molecule has 46 valence electrons. The van der Waals surface area contributed by atoms with Gasteiger partial charge in [0.15, 0.2) is 0 Å². The van der Waals surface area contributed by atoms with Crippen LogP contribution in [0.1, 0.15) is 5.56 Å². The molecule has 0 aliphatic carbocycles. The van der Waals surface area contributed by atoms with Crippen LogP contribution in [0.25, 0.3) is 0 Å². The van der Waals surface area contributed by atoms with E-state index in [0.29, 0.717) is 5.69 Å². The van der Waals surface area contributed by atoms with Crippen molar-refractivity contribution in [3.8, 4) is 0 Å². The van der Waals surface area contributed by atoms with Gasteiger partial charge in [0.2, 0.25) is 0 Å². The molecule has 9 heavy (non-hydrogen) atoms. The lowest BCUT2D eigenvalue weighted by Crippen LogP contribution is -1.90. The molecule has 0 aromatic heterocycles. The maximum atomic E-state index is 6.88. The van der Waals surface area contributed by atoms with E-state index in [1.54, 1.807) is 6.07 Å². The maximum Gasteiger partial charge on any atom is 0.0402 e. The summed E-state index contributed by atoms with van der Waals surface area (Å²) in [4.78, 5) is 0. The molecule has 0 amide bonds. The van der Waals surface area contributed by atoms with Crippen LogP contribution < -0.4 is 5.73 Å². The monoisotopic (exact) mass is 120 g/mol. The van der Waals surface area contributed by atoms with Crippen LogP contribution in [0.2, 0.25) is 0 Å². The molecule has 0 bridgehead atoms. The predicted octanol–water partition coefficient (Wildman–Crippen LogP) is 1.27. The first-order valence-electron chi connectivity index (χ1n) is 2.69. The third-order valence-electron chi connectivity index (χ3n) is 1.15. The maximum absolute atomic E-state index is 6.88. The van der Waals surface area contributed by atoms with E-state index in [1.165, 1.54) is 6.21 Å². The van der Waals surface area contributed by atoms with Crippen LogP contribution in [0.15, 0.2) is 24.3 Å². The van der Waals surface area contributed by atoms with Crippen LogP contribution in [0.5, 0.6) is 0 Å². The SMILES string of the molecule is N=Cc1ccccc1N. The molecule has 0 saturated carbocycles. The molecular weight excluding hydrogens is 112 g/mol. The number of hydrogen-bond acceptors (Lipinski definition) is 2. The number of hydrogen-bond donors (Lipinski definition) is 2. The van der Waals surface area contributed by atoms with Crippen molar-refractivity contribution in [2.45, 2.75) is 0 Å². The Morgan fingerprint density at radius 3 is 2.44 bits per heavy atom. The molecule has 2 nitrogen and oxygen atoms in total. The zero-order chi connectivity index (χ0) is 6.69. The predicted molar refractivity (Wildman–Crippen MR) is 38.7 cm³/mol. The summed E-state index contributed by atoms with van der Waals surface area (Å²) in [6.07, 6.45) is 1.25. The molecule has 0 fully saturated rings. The van der Waals surface area contributed by atoms with Crippen molar-refractivity contribution in [2.75, 3.05) is 5.73 Å². The van der Waals surface area contributed by atoms with E-state index in [4.69, 9.17) is 11.1 Å². The molecule has 0 aliphatic rings. The smallest absolute Gasteiger partial charge is 0.0402 e. The summed E-state index contributed by atoms with van der Waals surface area (Å²) in [5.41, 5.74) is 6.92. The highest BCUT2D eigenvalue weighted by Crippen LogP contribution is 2.05. The Morgan fingerprint density at radius 2 is 2.00 bits per heavy atom. The molecule has 1 aromatic carbocycles. The van der Waals surface area contributed by atoms with Gasteiger partial charge in [0, 0.05) is 17.5 Å². The van der Waals surface area contributed by atoms with Gasteiger partial charge in [-0.05, 0) is 6.07 Å². The van der Waals surface area contributed by atoms with Crippen molar-refractivity contribution in [1.29, 1.82) is 5.41 Å². The summed E-state index contributed by atoms with van der Waals surface area (Å²) in [5.74, 6) is 0. The van der Waals surface area contributed by atoms with Crippen molar-refractivity contribution in [1.82, 2.24) is 0 Å². The molecular formula is C7H8N2. The number of rotatable bonds is 1. The fourth-order valence-electron chi connectivity index (χ4n) is 0.642. The first kappa shape index (κ1) is 5.82. The van der Waals surface area contributed by atoms with Crippen LogP contribution in [0.4, 0.5) is 5.69 Å². The summed E-state index contributed by atoms with van der Waals surface area (Å²) >= 11 is 0.